The quantitative estimate of drug-likeness (QED) is 0.936. The van der Waals surface area contributed by atoms with Gasteiger partial charge in [0.05, 0.1) is 13.2 Å². The Morgan fingerprint density at radius 2 is 1.88 bits per heavy atom. The van der Waals surface area contributed by atoms with Crippen molar-refractivity contribution >= 4 is 17.4 Å². The molecular formula is C19H23N3O2. The number of benzene rings is 2. The zero-order valence-corrected chi connectivity index (χ0v) is 14.1. The third-order valence-corrected chi connectivity index (χ3v) is 4.49. The highest BCUT2D eigenvalue weighted by Crippen LogP contribution is 2.23. The predicted molar refractivity (Wildman–Crippen MR) is 96.8 cm³/mol. The van der Waals surface area contributed by atoms with Gasteiger partial charge >= 0.3 is 6.03 Å². The molecule has 0 radical (unpaired) electrons. The summed E-state index contributed by atoms with van der Waals surface area (Å²) >= 11 is 0. The van der Waals surface area contributed by atoms with Crippen LogP contribution in [0.1, 0.15) is 6.42 Å². The topological polar surface area (TPSA) is 44.8 Å². The van der Waals surface area contributed by atoms with E-state index in [9.17, 15) is 4.79 Å². The fraction of sp³-hybridized carbons (Fsp3) is 0.316. The van der Waals surface area contributed by atoms with Crippen LogP contribution < -0.4 is 15.0 Å². The van der Waals surface area contributed by atoms with Crippen LogP contribution in [0.4, 0.5) is 16.2 Å². The van der Waals surface area contributed by atoms with E-state index in [2.05, 4.69) is 22.3 Å². The molecule has 1 saturated heterocycles. The molecule has 0 bridgehead atoms. The Morgan fingerprint density at radius 1 is 1.17 bits per heavy atom. The van der Waals surface area contributed by atoms with Gasteiger partial charge in [0.15, 0.2) is 0 Å². The van der Waals surface area contributed by atoms with Gasteiger partial charge in [-0.15, -0.1) is 0 Å². The van der Waals surface area contributed by atoms with E-state index in [4.69, 9.17) is 4.74 Å². The molecule has 1 atom stereocenters. The minimum Gasteiger partial charge on any atom is -0.497 e. The van der Waals surface area contributed by atoms with E-state index in [-0.39, 0.29) is 12.1 Å². The number of carbonyl (C=O) groups excluding carboxylic acids is 1. The van der Waals surface area contributed by atoms with Gasteiger partial charge in [0.1, 0.15) is 5.75 Å². The number of para-hydroxylation sites is 1. The lowest BCUT2D eigenvalue weighted by Gasteiger charge is -2.25. The second kappa shape index (κ2) is 7.25. The Morgan fingerprint density at radius 3 is 2.54 bits per heavy atom. The molecule has 3 rings (SSSR count). The second-order valence-electron chi connectivity index (χ2n) is 5.99. The van der Waals surface area contributed by atoms with Crippen LogP contribution in [0.5, 0.6) is 5.75 Å². The Kier molecular flexibility index (Phi) is 4.89. The molecule has 1 fully saturated rings. The molecule has 126 valence electrons. The van der Waals surface area contributed by atoms with Crippen molar-refractivity contribution in [3.8, 4) is 5.75 Å². The molecule has 2 aromatic rings. The second-order valence-corrected chi connectivity index (χ2v) is 5.99. The number of methoxy groups -OCH3 is 1. The molecule has 1 aliphatic heterocycles. The number of carbonyl (C=O) groups is 1. The number of likely N-dealkylation sites (N-methyl/N-ethyl adjacent to an activating group) is 1. The van der Waals surface area contributed by atoms with Gasteiger partial charge in [-0.3, -0.25) is 0 Å². The zero-order valence-electron chi connectivity index (χ0n) is 14.1. The van der Waals surface area contributed by atoms with Gasteiger partial charge in [-0.25, -0.2) is 4.79 Å². The lowest BCUT2D eigenvalue weighted by molar-refractivity contribution is 0.208. The number of nitrogens with zero attached hydrogens (tertiary/aromatic N) is 2. The fourth-order valence-electron chi connectivity index (χ4n) is 2.98. The third kappa shape index (κ3) is 3.62. The SMILES string of the molecule is COc1ccc(NC(=O)N(C)C2CCN(c3ccccc3)C2)cc1. The maximum Gasteiger partial charge on any atom is 0.321 e. The summed E-state index contributed by atoms with van der Waals surface area (Å²) in [7, 11) is 3.48. The molecule has 1 aliphatic rings. The molecule has 1 heterocycles. The summed E-state index contributed by atoms with van der Waals surface area (Å²) < 4.78 is 5.13. The van der Waals surface area contributed by atoms with Crippen LogP contribution in [0.2, 0.25) is 0 Å². The summed E-state index contributed by atoms with van der Waals surface area (Å²) in [5.41, 5.74) is 1.98. The van der Waals surface area contributed by atoms with Crippen molar-refractivity contribution in [2.24, 2.45) is 0 Å². The molecule has 2 amide bonds. The minimum atomic E-state index is -0.0833. The van der Waals surface area contributed by atoms with E-state index >= 15 is 0 Å². The molecule has 24 heavy (non-hydrogen) atoms. The van der Waals surface area contributed by atoms with E-state index in [1.54, 1.807) is 12.0 Å². The zero-order chi connectivity index (χ0) is 16.9. The van der Waals surface area contributed by atoms with Crippen LogP contribution in [0.15, 0.2) is 54.6 Å². The van der Waals surface area contributed by atoms with Crippen molar-refractivity contribution in [2.75, 3.05) is 37.5 Å². The number of hydrogen-bond donors (Lipinski definition) is 1. The number of nitrogens with one attached hydrogen (secondary N) is 1. The molecule has 5 nitrogen and oxygen atoms in total. The molecule has 1 unspecified atom stereocenters. The largest absolute Gasteiger partial charge is 0.497 e. The van der Waals surface area contributed by atoms with Gasteiger partial charge in [-0.05, 0) is 42.8 Å². The van der Waals surface area contributed by atoms with Crippen LogP contribution in [0.3, 0.4) is 0 Å². The number of rotatable bonds is 4. The van der Waals surface area contributed by atoms with E-state index in [1.165, 1.54) is 5.69 Å². The number of amides is 2. The summed E-state index contributed by atoms with van der Waals surface area (Å²) in [5, 5.41) is 2.94. The standard InChI is InChI=1S/C19H23N3O2/c1-21(19(23)20-15-8-10-18(24-2)11-9-15)17-12-13-22(14-17)16-6-4-3-5-7-16/h3-11,17H,12-14H2,1-2H3,(H,20,23). The molecule has 0 saturated carbocycles. The van der Waals surface area contributed by atoms with E-state index in [0.717, 1.165) is 30.9 Å². The van der Waals surface area contributed by atoms with Gasteiger partial charge in [0.2, 0.25) is 0 Å². The molecule has 1 N–H and O–H groups in total. The van der Waals surface area contributed by atoms with Crippen molar-refractivity contribution in [1.29, 1.82) is 0 Å². The van der Waals surface area contributed by atoms with Crippen LogP contribution in [0, 0.1) is 0 Å². The van der Waals surface area contributed by atoms with E-state index < -0.39 is 0 Å². The van der Waals surface area contributed by atoms with Crippen molar-refractivity contribution in [3.63, 3.8) is 0 Å². The lowest BCUT2D eigenvalue weighted by atomic mass is 10.2. The van der Waals surface area contributed by atoms with Crippen molar-refractivity contribution in [3.05, 3.63) is 54.6 Å². The summed E-state index contributed by atoms with van der Waals surface area (Å²) in [4.78, 5) is 16.6. The number of hydrogen-bond acceptors (Lipinski definition) is 3. The van der Waals surface area contributed by atoms with Gasteiger partial charge < -0.3 is 19.9 Å². The summed E-state index contributed by atoms with van der Waals surface area (Å²) in [6.07, 6.45) is 0.974. The van der Waals surface area contributed by atoms with Crippen molar-refractivity contribution < 1.29 is 9.53 Å². The molecule has 5 heteroatoms. The highest BCUT2D eigenvalue weighted by atomic mass is 16.5. The normalized spacial score (nSPS) is 16.8. The average Bonchev–Trinajstić information content (AvgIpc) is 3.12. The number of anilines is 2. The van der Waals surface area contributed by atoms with Gasteiger partial charge in [0, 0.05) is 31.5 Å². The maximum absolute atomic E-state index is 12.5. The molecular weight excluding hydrogens is 302 g/mol. The predicted octanol–water partition coefficient (Wildman–Crippen LogP) is 3.44. The Labute approximate surface area is 142 Å². The van der Waals surface area contributed by atoms with Crippen LogP contribution in [-0.2, 0) is 0 Å². The summed E-state index contributed by atoms with van der Waals surface area (Å²) in [6.45, 7) is 1.82. The number of ether oxygens (including phenoxy) is 1. The first-order valence-electron chi connectivity index (χ1n) is 8.15. The summed E-state index contributed by atoms with van der Waals surface area (Å²) in [5.74, 6) is 0.774. The van der Waals surface area contributed by atoms with E-state index in [1.807, 2.05) is 49.5 Å². The Balaban J connectivity index is 1.57. The minimum absolute atomic E-state index is 0.0833. The average molecular weight is 325 g/mol. The van der Waals surface area contributed by atoms with Crippen molar-refractivity contribution in [1.82, 2.24) is 4.90 Å². The Bertz CT molecular complexity index is 673. The molecule has 0 aliphatic carbocycles. The number of urea groups is 1. The lowest BCUT2D eigenvalue weighted by Crippen LogP contribution is -2.41. The Hall–Kier alpha value is -2.69. The first-order valence-corrected chi connectivity index (χ1v) is 8.15. The van der Waals surface area contributed by atoms with Crippen LogP contribution in [0.25, 0.3) is 0 Å². The van der Waals surface area contributed by atoms with Gasteiger partial charge in [-0.1, -0.05) is 18.2 Å². The molecule has 0 spiro atoms. The van der Waals surface area contributed by atoms with Crippen molar-refractivity contribution in [2.45, 2.75) is 12.5 Å². The molecule has 0 aromatic heterocycles. The van der Waals surface area contributed by atoms with Crippen LogP contribution >= 0.6 is 0 Å². The first kappa shape index (κ1) is 16.2. The van der Waals surface area contributed by atoms with Gasteiger partial charge in [-0.2, -0.15) is 0 Å². The maximum atomic E-state index is 12.5. The highest BCUT2D eigenvalue weighted by Gasteiger charge is 2.28. The highest BCUT2D eigenvalue weighted by molar-refractivity contribution is 5.89. The monoisotopic (exact) mass is 325 g/mol. The summed E-state index contributed by atoms with van der Waals surface area (Å²) in [6, 6.07) is 17.8. The van der Waals surface area contributed by atoms with E-state index in [0.29, 0.717) is 0 Å². The first-order chi connectivity index (χ1) is 11.7. The third-order valence-electron chi connectivity index (χ3n) is 4.49. The van der Waals surface area contributed by atoms with Crippen LogP contribution in [-0.4, -0.2) is 44.2 Å². The van der Waals surface area contributed by atoms with Gasteiger partial charge in [0.25, 0.3) is 0 Å². The molecule has 2 aromatic carbocycles. The smallest absolute Gasteiger partial charge is 0.321 e. The fourth-order valence-corrected chi connectivity index (χ4v) is 2.98.